The molecule has 1 heterocycles. The molecule has 6 heteroatoms. The summed E-state index contributed by atoms with van der Waals surface area (Å²) < 4.78 is 24.8. The van der Waals surface area contributed by atoms with E-state index in [9.17, 15) is 18.4 Å². The van der Waals surface area contributed by atoms with Crippen LogP contribution in [0.5, 0.6) is 0 Å². The maximum absolute atomic E-state index is 11.9. The molecule has 1 aromatic heterocycles. The minimum Gasteiger partial charge on any atom is -0.477 e. The Kier molecular flexibility index (Phi) is 2.95. The zero-order valence-corrected chi connectivity index (χ0v) is 6.98. The average molecular weight is 203 g/mol. The van der Waals surface area contributed by atoms with Crippen LogP contribution in [-0.4, -0.2) is 22.1 Å². The molecule has 0 aliphatic rings. The lowest BCUT2D eigenvalue weighted by Gasteiger charge is -2.05. The predicted molar refractivity (Wildman–Crippen MR) is 43.7 cm³/mol. The van der Waals surface area contributed by atoms with Crippen molar-refractivity contribution < 1.29 is 18.7 Å². The third kappa shape index (κ3) is 2.38. The Hall–Kier alpha value is -1.72. The van der Waals surface area contributed by atoms with E-state index in [-0.39, 0.29) is 0 Å². The maximum atomic E-state index is 11.9. The van der Waals surface area contributed by atoms with E-state index in [0.29, 0.717) is 0 Å². The smallest absolute Gasteiger partial charge is 0.341 e. The summed E-state index contributed by atoms with van der Waals surface area (Å²) in [6.07, 6.45) is -0.559. The first-order valence-corrected chi connectivity index (χ1v) is 3.72. The van der Waals surface area contributed by atoms with Gasteiger partial charge in [-0.15, -0.1) is 0 Å². The number of halogens is 2. The van der Waals surface area contributed by atoms with E-state index < -0.39 is 29.9 Å². The van der Waals surface area contributed by atoms with E-state index in [1.54, 1.807) is 0 Å². The van der Waals surface area contributed by atoms with E-state index in [1.165, 1.54) is 0 Å². The monoisotopic (exact) mass is 203 g/mol. The van der Waals surface area contributed by atoms with Gasteiger partial charge in [-0.3, -0.25) is 4.79 Å². The highest BCUT2D eigenvalue weighted by Crippen LogP contribution is 1.99. The molecule has 0 amide bonds. The van der Waals surface area contributed by atoms with E-state index in [2.05, 4.69) is 0 Å². The third-order valence-electron chi connectivity index (χ3n) is 1.56. The molecular weight excluding hydrogens is 196 g/mol. The molecule has 0 aromatic carbocycles. The fourth-order valence-corrected chi connectivity index (χ4v) is 0.959. The molecule has 0 radical (unpaired) electrons. The Morgan fingerprint density at radius 3 is 2.71 bits per heavy atom. The lowest BCUT2D eigenvalue weighted by molar-refractivity contribution is 0.0692. The summed E-state index contributed by atoms with van der Waals surface area (Å²) in [6.45, 7) is -0.624. The molecule has 1 rings (SSSR count). The second-order valence-corrected chi connectivity index (χ2v) is 2.62. The zero-order chi connectivity index (χ0) is 10.7. The van der Waals surface area contributed by atoms with Crippen LogP contribution >= 0.6 is 0 Å². The summed E-state index contributed by atoms with van der Waals surface area (Å²) in [4.78, 5) is 21.4. The number of carboxylic acid groups (broad SMARTS) is 1. The number of aromatic nitrogens is 1. The number of rotatable bonds is 3. The molecule has 76 valence electrons. The Morgan fingerprint density at radius 1 is 1.57 bits per heavy atom. The third-order valence-corrected chi connectivity index (χ3v) is 1.56. The number of carbonyl (C=O) groups is 1. The summed E-state index contributed by atoms with van der Waals surface area (Å²) in [5.74, 6) is -1.42. The van der Waals surface area contributed by atoms with Crippen molar-refractivity contribution in [2.75, 3.05) is 0 Å². The van der Waals surface area contributed by atoms with Crippen LogP contribution in [0.2, 0.25) is 0 Å². The maximum Gasteiger partial charge on any atom is 0.341 e. The van der Waals surface area contributed by atoms with Crippen LogP contribution in [0.25, 0.3) is 0 Å². The van der Waals surface area contributed by atoms with E-state index >= 15 is 0 Å². The average Bonchev–Trinajstić information content (AvgIpc) is 2.07. The highest BCUT2D eigenvalue weighted by atomic mass is 19.3. The quantitative estimate of drug-likeness (QED) is 0.790. The van der Waals surface area contributed by atoms with Crippen molar-refractivity contribution in [3.8, 4) is 0 Å². The van der Waals surface area contributed by atoms with E-state index in [4.69, 9.17) is 5.11 Å². The molecule has 0 unspecified atom stereocenters. The molecule has 1 N–H and O–H groups in total. The van der Waals surface area contributed by atoms with Crippen molar-refractivity contribution in [1.82, 2.24) is 4.57 Å². The Labute approximate surface area is 77.4 Å². The first-order valence-electron chi connectivity index (χ1n) is 3.72. The Bertz CT molecular complexity index is 400. The summed E-state index contributed by atoms with van der Waals surface area (Å²) in [5, 5.41) is 8.52. The van der Waals surface area contributed by atoms with Crippen LogP contribution in [0.3, 0.4) is 0 Å². The van der Waals surface area contributed by atoms with Gasteiger partial charge in [0.05, 0.1) is 6.54 Å². The van der Waals surface area contributed by atoms with Gasteiger partial charge in [-0.05, 0) is 0 Å². The van der Waals surface area contributed by atoms with Crippen molar-refractivity contribution in [2.24, 2.45) is 0 Å². The van der Waals surface area contributed by atoms with Crippen LogP contribution in [-0.2, 0) is 6.54 Å². The number of hydrogen-bond acceptors (Lipinski definition) is 2. The number of aromatic carboxylic acids is 1. The summed E-state index contributed by atoms with van der Waals surface area (Å²) in [7, 11) is 0. The molecule has 0 fully saturated rings. The van der Waals surface area contributed by atoms with Crippen LogP contribution in [0, 0.1) is 0 Å². The number of nitrogens with zero attached hydrogens (tertiary/aromatic N) is 1. The second-order valence-electron chi connectivity index (χ2n) is 2.62. The molecule has 0 saturated heterocycles. The van der Waals surface area contributed by atoms with Crippen LogP contribution < -0.4 is 5.43 Å². The van der Waals surface area contributed by atoms with Gasteiger partial charge in [0.15, 0.2) is 5.43 Å². The zero-order valence-electron chi connectivity index (χ0n) is 6.98. The summed E-state index contributed by atoms with van der Waals surface area (Å²) in [6, 6.07) is 0.950. The van der Waals surface area contributed by atoms with Crippen molar-refractivity contribution in [2.45, 2.75) is 13.0 Å². The van der Waals surface area contributed by atoms with Gasteiger partial charge >= 0.3 is 5.97 Å². The van der Waals surface area contributed by atoms with Gasteiger partial charge in [0.25, 0.3) is 6.43 Å². The van der Waals surface area contributed by atoms with Gasteiger partial charge in [-0.1, -0.05) is 0 Å². The molecule has 0 aliphatic heterocycles. The first-order chi connectivity index (χ1) is 6.50. The van der Waals surface area contributed by atoms with Crippen molar-refractivity contribution in [3.63, 3.8) is 0 Å². The van der Waals surface area contributed by atoms with Gasteiger partial charge in [0, 0.05) is 18.5 Å². The highest BCUT2D eigenvalue weighted by Gasteiger charge is 2.10. The SMILES string of the molecule is O=C(O)c1cn(CC(F)F)ccc1=O. The normalized spacial score (nSPS) is 10.5. The first kappa shape index (κ1) is 10.4. The molecule has 0 bridgehead atoms. The van der Waals surface area contributed by atoms with Gasteiger partial charge < -0.3 is 9.67 Å². The largest absolute Gasteiger partial charge is 0.477 e. The van der Waals surface area contributed by atoms with Crippen molar-refractivity contribution in [1.29, 1.82) is 0 Å². The highest BCUT2D eigenvalue weighted by molar-refractivity contribution is 5.86. The lowest BCUT2D eigenvalue weighted by Crippen LogP contribution is -2.18. The van der Waals surface area contributed by atoms with Crippen molar-refractivity contribution in [3.05, 3.63) is 34.2 Å². The fraction of sp³-hybridized carbons (Fsp3) is 0.250. The van der Waals surface area contributed by atoms with Gasteiger partial charge in [-0.25, -0.2) is 13.6 Å². The van der Waals surface area contributed by atoms with E-state index in [0.717, 1.165) is 23.0 Å². The number of carboxylic acids is 1. The summed E-state index contributed by atoms with van der Waals surface area (Å²) >= 11 is 0. The minimum atomic E-state index is -2.58. The van der Waals surface area contributed by atoms with Gasteiger partial charge in [-0.2, -0.15) is 0 Å². The molecule has 4 nitrogen and oxygen atoms in total. The Balaban J connectivity index is 3.07. The van der Waals surface area contributed by atoms with Gasteiger partial charge in [0.2, 0.25) is 0 Å². The number of pyridine rings is 1. The number of alkyl halides is 2. The molecule has 1 aromatic rings. The molecule has 0 spiro atoms. The molecule has 14 heavy (non-hydrogen) atoms. The second kappa shape index (κ2) is 3.99. The summed E-state index contributed by atoms with van der Waals surface area (Å²) in [5.41, 5.74) is -1.20. The Morgan fingerprint density at radius 2 is 2.21 bits per heavy atom. The fourth-order valence-electron chi connectivity index (χ4n) is 0.959. The van der Waals surface area contributed by atoms with Crippen molar-refractivity contribution >= 4 is 5.97 Å². The van der Waals surface area contributed by atoms with Crippen LogP contribution in [0.15, 0.2) is 23.3 Å². The lowest BCUT2D eigenvalue weighted by atomic mass is 10.3. The van der Waals surface area contributed by atoms with Crippen LogP contribution in [0.1, 0.15) is 10.4 Å². The molecular formula is C8H7F2NO3. The molecule has 0 saturated carbocycles. The number of hydrogen-bond donors (Lipinski definition) is 1. The van der Waals surface area contributed by atoms with E-state index in [1.807, 2.05) is 0 Å². The standard InChI is InChI=1S/C8H7F2NO3/c9-7(10)4-11-2-1-6(12)5(3-11)8(13)14/h1-3,7H,4H2,(H,13,14). The minimum absolute atomic E-state index is 0.506. The van der Waals surface area contributed by atoms with Gasteiger partial charge in [0.1, 0.15) is 5.56 Å². The molecule has 0 aliphatic carbocycles. The van der Waals surface area contributed by atoms with Crippen LogP contribution in [0.4, 0.5) is 8.78 Å². The molecule has 0 atom stereocenters. The topological polar surface area (TPSA) is 59.3 Å². The predicted octanol–water partition coefficient (Wildman–Crippen LogP) is 0.812.